The zero-order valence-electron chi connectivity index (χ0n) is 17.0. The van der Waals surface area contributed by atoms with E-state index in [0.717, 1.165) is 71.6 Å². The number of rotatable bonds is 3. The van der Waals surface area contributed by atoms with Crippen LogP contribution in [0, 0.1) is 20.8 Å². The van der Waals surface area contributed by atoms with Gasteiger partial charge in [0.15, 0.2) is 23.0 Å². The number of fused-ring (bicyclic) bond motifs is 2. The van der Waals surface area contributed by atoms with Gasteiger partial charge < -0.3 is 19.1 Å². The molecule has 2 aliphatic rings. The van der Waals surface area contributed by atoms with Crippen LogP contribution in [-0.4, -0.2) is 52.2 Å². The minimum Gasteiger partial charge on any atom is -0.490 e. The summed E-state index contributed by atoms with van der Waals surface area (Å²) in [7, 11) is 0. The van der Waals surface area contributed by atoms with E-state index >= 15 is 0 Å². The van der Waals surface area contributed by atoms with Crippen molar-refractivity contribution in [2.75, 3.05) is 31.2 Å². The molecule has 5 rings (SSSR count). The van der Waals surface area contributed by atoms with E-state index in [1.54, 1.807) is 4.63 Å². The van der Waals surface area contributed by atoms with Crippen molar-refractivity contribution in [1.29, 1.82) is 0 Å². The Morgan fingerprint density at radius 1 is 0.966 bits per heavy atom. The van der Waals surface area contributed by atoms with E-state index in [2.05, 4.69) is 28.8 Å². The minimum absolute atomic E-state index is 0.174. The normalized spacial score (nSPS) is 17.0. The van der Waals surface area contributed by atoms with Crippen LogP contribution in [0.1, 0.15) is 29.8 Å². The van der Waals surface area contributed by atoms with Gasteiger partial charge in [0.05, 0.1) is 0 Å². The van der Waals surface area contributed by atoms with Crippen LogP contribution in [0.4, 0.5) is 5.82 Å². The number of benzene rings is 1. The van der Waals surface area contributed by atoms with Crippen LogP contribution in [0.5, 0.6) is 17.2 Å². The summed E-state index contributed by atoms with van der Waals surface area (Å²) in [6, 6.07) is 5.80. The van der Waals surface area contributed by atoms with E-state index < -0.39 is 0 Å². The Hall–Kier alpha value is -3.03. The van der Waals surface area contributed by atoms with Gasteiger partial charge in [-0.1, -0.05) is 0 Å². The largest absolute Gasteiger partial charge is 0.490 e. The molecule has 1 aromatic carbocycles. The maximum Gasteiger partial charge on any atom is 0.179 e. The molecule has 0 radical (unpaired) electrons. The van der Waals surface area contributed by atoms with Crippen molar-refractivity contribution >= 4 is 11.5 Å². The smallest absolute Gasteiger partial charge is 0.179 e. The fraction of sp³-hybridized carbons (Fsp3) is 0.476. The highest BCUT2D eigenvalue weighted by molar-refractivity contribution is 5.59. The first-order valence-electron chi connectivity index (χ1n) is 10.1. The molecule has 0 saturated carbocycles. The number of anilines is 1. The number of piperidine rings is 1. The van der Waals surface area contributed by atoms with Crippen molar-refractivity contribution in [3.8, 4) is 17.2 Å². The summed E-state index contributed by atoms with van der Waals surface area (Å²) >= 11 is 0. The Bertz CT molecular complexity index is 1060. The lowest BCUT2D eigenvalue weighted by molar-refractivity contribution is 0.159. The number of aromatic nitrogens is 4. The predicted molar refractivity (Wildman–Crippen MR) is 108 cm³/mol. The molecule has 0 bridgehead atoms. The summed E-state index contributed by atoms with van der Waals surface area (Å²) < 4.78 is 19.1. The average molecular weight is 395 g/mol. The number of nitrogens with zero attached hydrogens (tertiary/aromatic N) is 5. The molecule has 0 aliphatic carbocycles. The topological polar surface area (TPSA) is 74.0 Å². The van der Waals surface area contributed by atoms with Gasteiger partial charge in [-0.05, 0) is 32.9 Å². The molecular weight excluding hydrogens is 370 g/mol. The lowest BCUT2D eigenvalue weighted by atomic mass is 10.1. The SMILES string of the molecule is Cc1nc2c(C)c(C)c(N3CCC(Oc4ccc5c(c4)OCCO5)CC3)nn2n1. The van der Waals surface area contributed by atoms with E-state index in [4.69, 9.17) is 19.3 Å². The highest BCUT2D eigenvalue weighted by atomic mass is 16.6. The van der Waals surface area contributed by atoms with Crippen LogP contribution in [-0.2, 0) is 0 Å². The molecule has 0 amide bonds. The Kier molecular flexibility index (Phi) is 4.41. The van der Waals surface area contributed by atoms with Gasteiger partial charge in [-0.15, -0.1) is 14.8 Å². The van der Waals surface area contributed by atoms with E-state index in [1.165, 1.54) is 0 Å². The fourth-order valence-corrected chi connectivity index (χ4v) is 3.98. The molecule has 8 nitrogen and oxygen atoms in total. The Labute approximate surface area is 169 Å². The van der Waals surface area contributed by atoms with E-state index in [-0.39, 0.29) is 6.10 Å². The quantitative estimate of drug-likeness (QED) is 0.675. The highest BCUT2D eigenvalue weighted by Crippen LogP contribution is 2.34. The summed E-state index contributed by atoms with van der Waals surface area (Å²) in [5.74, 6) is 4.10. The van der Waals surface area contributed by atoms with Crippen molar-refractivity contribution < 1.29 is 14.2 Å². The molecule has 0 spiro atoms. The van der Waals surface area contributed by atoms with Crippen LogP contribution in [0.3, 0.4) is 0 Å². The fourth-order valence-electron chi connectivity index (χ4n) is 3.98. The standard InChI is InChI=1S/C21H25N5O3/c1-13-14(2)21(24-26-20(13)22-15(3)23-26)25-8-6-16(7-9-25)29-17-4-5-18-19(12-17)28-11-10-27-18/h4-5,12,16H,6-11H2,1-3H3. The molecule has 152 valence electrons. The second-order valence-corrected chi connectivity index (χ2v) is 7.66. The number of aryl methyl sites for hydroxylation is 2. The van der Waals surface area contributed by atoms with E-state index in [9.17, 15) is 0 Å². The molecule has 0 N–H and O–H groups in total. The molecule has 0 atom stereocenters. The van der Waals surface area contributed by atoms with E-state index in [0.29, 0.717) is 13.2 Å². The highest BCUT2D eigenvalue weighted by Gasteiger charge is 2.25. The summed E-state index contributed by atoms with van der Waals surface area (Å²) in [4.78, 5) is 6.80. The maximum atomic E-state index is 6.22. The van der Waals surface area contributed by atoms with Crippen LogP contribution in [0.15, 0.2) is 18.2 Å². The summed E-state index contributed by atoms with van der Waals surface area (Å²) in [6.07, 6.45) is 2.04. The van der Waals surface area contributed by atoms with Crippen molar-refractivity contribution in [1.82, 2.24) is 19.8 Å². The third-order valence-electron chi connectivity index (χ3n) is 5.68. The Morgan fingerprint density at radius 3 is 2.52 bits per heavy atom. The number of ether oxygens (including phenoxy) is 3. The van der Waals surface area contributed by atoms with Gasteiger partial charge in [-0.2, -0.15) is 0 Å². The first kappa shape index (κ1) is 18.0. The van der Waals surface area contributed by atoms with Crippen molar-refractivity contribution in [2.45, 2.75) is 39.7 Å². The average Bonchev–Trinajstić information content (AvgIpc) is 3.12. The first-order chi connectivity index (χ1) is 14.1. The minimum atomic E-state index is 0.174. The predicted octanol–water partition coefficient (Wildman–Crippen LogP) is 2.87. The number of hydrogen-bond donors (Lipinski definition) is 0. The molecule has 2 aliphatic heterocycles. The van der Waals surface area contributed by atoms with Crippen molar-refractivity contribution in [3.05, 3.63) is 35.2 Å². The third kappa shape index (κ3) is 3.32. The third-order valence-corrected chi connectivity index (χ3v) is 5.68. The molecule has 0 unspecified atom stereocenters. The van der Waals surface area contributed by atoms with Gasteiger partial charge in [-0.3, -0.25) is 0 Å². The van der Waals surface area contributed by atoms with Gasteiger partial charge in [0.1, 0.15) is 30.9 Å². The molecule has 8 heteroatoms. The first-order valence-corrected chi connectivity index (χ1v) is 10.1. The van der Waals surface area contributed by atoms with Crippen LogP contribution >= 0.6 is 0 Å². The molecule has 3 aromatic rings. The molecule has 1 fully saturated rings. The van der Waals surface area contributed by atoms with Crippen LogP contribution in [0.2, 0.25) is 0 Å². The lowest BCUT2D eigenvalue weighted by Gasteiger charge is -2.34. The maximum absolute atomic E-state index is 6.22. The molecular formula is C21H25N5O3. The Balaban J connectivity index is 1.28. The van der Waals surface area contributed by atoms with Gasteiger partial charge in [-0.25, -0.2) is 4.98 Å². The Morgan fingerprint density at radius 2 is 1.72 bits per heavy atom. The zero-order valence-corrected chi connectivity index (χ0v) is 17.0. The van der Waals surface area contributed by atoms with E-state index in [1.807, 2.05) is 25.1 Å². The van der Waals surface area contributed by atoms with Crippen molar-refractivity contribution in [3.63, 3.8) is 0 Å². The summed E-state index contributed by atoms with van der Waals surface area (Å²) in [5, 5.41) is 9.13. The lowest BCUT2D eigenvalue weighted by Crippen LogP contribution is -2.39. The second kappa shape index (κ2) is 7.09. The van der Waals surface area contributed by atoms with Crippen molar-refractivity contribution in [2.24, 2.45) is 0 Å². The van der Waals surface area contributed by atoms with Gasteiger partial charge in [0.2, 0.25) is 0 Å². The van der Waals surface area contributed by atoms with Gasteiger partial charge >= 0.3 is 0 Å². The zero-order chi connectivity index (χ0) is 20.0. The molecule has 2 aromatic heterocycles. The van der Waals surface area contributed by atoms with Crippen LogP contribution < -0.4 is 19.1 Å². The van der Waals surface area contributed by atoms with Gasteiger partial charge in [0, 0.05) is 43.1 Å². The van der Waals surface area contributed by atoms with Crippen LogP contribution in [0.25, 0.3) is 5.65 Å². The summed E-state index contributed by atoms with van der Waals surface area (Å²) in [6.45, 7) is 9.04. The molecule has 1 saturated heterocycles. The monoisotopic (exact) mass is 395 g/mol. The second-order valence-electron chi connectivity index (χ2n) is 7.66. The molecule has 4 heterocycles. The number of hydrogen-bond acceptors (Lipinski definition) is 7. The molecule has 29 heavy (non-hydrogen) atoms. The van der Waals surface area contributed by atoms with Gasteiger partial charge in [0.25, 0.3) is 0 Å². The summed E-state index contributed by atoms with van der Waals surface area (Å²) in [5.41, 5.74) is 3.13.